The molecule has 0 aliphatic rings. The van der Waals surface area contributed by atoms with Crippen molar-refractivity contribution < 1.29 is 4.79 Å². The first-order valence-electron chi connectivity index (χ1n) is 7.05. The van der Waals surface area contributed by atoms with E-state index in [-0.39, 0.29) is 11.8 Å². The van der Waals surface area contributed by atoms with Crippen molar-refractivity contribution in [2.24, 2.45) is 0 Å². The van der Waals surface area contributed by atoms with Gasteiger partial charge in [-0.2, -0.15) is 0 Å². The van der Waals surface area contributed by atoms with Crippen LogP contribution < -0.4 is 0 Å². The minimum Gasteiger partial charge on any atom is -0.274 e. The molecule has 0 radical (unpaired) electrons. The third-order valence-corrected chi connectivity index (χ3v) is 4.77. The SMILES string of the molecule is O=C(CC(c1ccccc1)c1ccccc1)n1ccsc1=S. The average Bonchev–Trinajstić information content (AvgIpc) is 3.00. The number of rotatable bonds is 4. The molecule has 0 amide bonds. The first kappa shape index (κ1) is 14.9. The zero-order valence-corrected chi connectivity index (χ0v) is 13.5. The van der Waals surface area contributed by atoms with Crippen molar-refractivity contribution >= 4 is 29.5 Å². The fraction of sp³-hybridized carbons (Fsp3) is 0.111. The molecule has 0 fully saturated rings. The maximum absolute atomic E-state index is 12.6. The van der Waals surface area contributed by atoms with Crippen LogP contribution in [0.2, 0.25) is 0 Å². The van der Waals surface area contributed by atoms with E-state index in [0.29, 0.717) is 10.4 Å². The Morgan fingerprint density at radius 1 is 1.00 bits per heavy atom. The molecule has 22 heavy (non-hydrogen) atoms. The van der Waals surface area contributed by atoms with Crippen LogP contribution in [0, 0.1) is 3.95 Å². The van der Waals surface area contributed by atoms with Crippen molar-refractivity contribution in [1.82, 2.24) is 4.57 Å². The molecule has 110 valence electrons. The summed E-state index contributed by atoms with van der Waals surface area (Å²) in [6.45, 7) is 0. The summed E-state index contributed by atoms with van der Waals surface area (Å²) in [6, 6.07) is 20.3. The monoisotopic (exact) mass is 325 g/mol. The lowest BCUT2D eigenvalue weighted by molar-refractivity contribution is 0.0897. The Morgan fingerprint density at radius 3 is 2.00 bits per heavy atom. The van der Waals surface area contributed by atoms with Crippen LogP contribution in [0.4, 0.5) is 0 Å². The van der Waals surface area contributed by atoms with E-state index in [4.69, 9.17) is 12.2 Å². The van der Waals surface area contributed by atoms with Gasteiger partial charge in [0.1, 0.15) is 0 Å². The lowest BCUT2D eigenvalue weighted by atomic mass is 9.88. The highest BCUT2D eigenvalue weighted by molar-refractivity contribution is 7.73. The van der Waals surface area contributed by atoms with E-state index < -0.39 is 0 Å². The fourth-order valence-electron chi connectivity index (χ4n) is 2.52. The Labute approximate surface area is 138 Å². The van der Waals surface area contributed by atoms with Crippen LogP contribution in [0.25, 0.3) is 0 Å². The van der Waals surface area contributed by atoms with Crippen LogP contribution in [-0.2, 0) is 0 Å². The smallest absolute Gasteiger partial charge is 0.233 e. The van der Waals surface area contributed by atoms with E-state index in [9.17, 15) is 4.79 Å². The standard InChI is InChI=1S/C18H15NOS2/c20-17(19-11-12-22-18(19)21)13-16(14-7-3-1-4-8-14)15-9-5-2-6-10-15/h1-12,16H,13H2. The minimum absolute atomic E-state index is 0.0314. The molecular weight excluding hydrogens is 310 g/mol. The molecule has 0 saturated carbocycles. The Morgan fingerprint density at radius 2 is 1.55 bits per heavy atom. The predicted molar refractivity (Wildman–Crippen MR) is 93.1 cm³/mol. The molecule has 0 N–H and O–H groups in total. The fourth-order valence-corrected chi connectivity index (χ4v) is 3.43. The maximum atomic E-state index is 12.6. The summed E-state index contributed by atoms with van der Waals surface area (Å²) in [5, 5.41) is 1.85. The van der Waals surface area contributed by atoms with Crippen molar-refractivity contribution in [2.45, 2.75) is 12.3 Å². The summed E-state index contributed by atoms with van der Waals surface area (Å²) in [4.78, 5) is 12.6. The van der Waals surface area contributed by atoms with Crippen molar-refractivity contribution in [3.63, 3.8) is 0 Å². The van der Waals surface area contributed by atoms with E-state index >= 15 is 0 Å². The van der Waals surface area contributed by atoms with E-state index in [1.807, 2.05) is 41.8 Å². The molecule has 3 aromatic rings. The molecule has 0 atom stereocenters. The van der Waals surface area contributed by atoms with E-state index in [2.05, 4.69) is 24.3 Å². The van der Waals surface area contributed by atoms with Gasteiger partial charge in [-0.05, 0) is 23.3 Å². The zero-order chi connectivity index (χ0) is 15.4. The number of hydrogen-bond acceptors (Lipinski definition) is 3. The first-order valence-corrected chi connectivity index (χ1v) is 8.34. The third kappa shape index (κ3) is 3.24. The summed E-state index contributed by atoms with van der Waals surface area (Å²) in [5.41, 5.74) is 2.28. The highest BCUT2D eigenvalue weighted by Crippen LogP contribution is 2.28. The first-order chi connectivity index (χ1) is 10.8. The number of nitrogens with zero attached hydrogens (tertiary/aromatic N) is 1. The number of carbonyl (C=O) groups excluding carboxylic acids is 1. The van der Waals surface area contributed by atoms with E-state index in [1.54, 1.807) is 10.8 Å². The van der Waals surface area contributed by atoms with Crippen molar-refractivity contribution in [2.75, 3.05) is 0 Å². The van der Waals surface area contributed by atoms with Gasteiger partial charge < -0.3 is 0 Å². The molecule has 3 rings (SSSR count). The van der Waals surface area contributed by atoms with E-state index in [0.717, 1.165) is 11.1 Å². The molecule has 0 bridgehead atoms. The van der Waals surface area contributed by atoms with E-state index in [1.165, 1.54) is 11.3 Å². The number of hydrogen-bond donors (Lipinski definition) is 0. The molecular formula is C18H15NOS2. The number of benzene rings is 2. The van der Waals surface area contributed by atoms with Gasteiger partial charge in [0.05, 0.1) is 0 Å². The maximum Gasteiger partial charge on any atom is 0.233 e. The average molecular weight is 325 g/mol. The Bertz CT molecular complexity index is 766. The number of carbonyl (C=O) groups is 1. The highest BCUT2D eigenvalue weighted by atomic mass is 32.1. The molecule has 0 spiro atoms. The number of thiazole rings is 1. The van der Waals surface area contributed by atoms with Gasteiger partial charge in [0.15, 0.2) is 3.95 Å². The van der Waals surface area contributed by atoms with Crippen molar-refractivity contribution in [1.29, 1.82) is 0 Å². The topological polar surface area (TPSA) is 22.0 Å². The second kappa shape index (κ2) is 6.81. The van der Waals surface area contributed by atoms with Crippen LogP contribution in [0.15, 0.2) is 72.2 Å². The quantitative estimate of drug-likeness (QED) is 0.619. The predicted octanol–water partition coefficient (Wildman–Crippen LogP) is 5.14. The Hall–Kier alpha value is -2.04. The Balaban J connectivity index is 1.95. The van der Waals surface area contributed by atoms with Gasteiger partial charge in [0.25, 0.3) is 0 Å². The van der Waals surface area contributed by atoms with Crippen LogP contribution >= 0.6 is 23.6 Å². The molecule has 1 heterocycles. The van der Waals surface area contributed by atoms with Gasteiger partial charge in [0.2, 0.25) is 5.91 Å². The summed E-state index contributed by atoms with van der Waals surface area (Å²) in [6.07, 6.45) is 2.15. The molecule has 0 unspecified atom stereocenters. The minimum atomic E-state index is 0.0314. The summed E-state index contributed by atoms with van der Waals surface area (Å²) < 4.78 is 2.17. The summed E-state index contributed by atoms with van der Waals surface area (Å²) in [7, 11) is 0. The highest BCUT2D eigenvalue weighted by Gasteiger charge is 2.19. The van der Waals surface area contributed by atoms with Crippen LogP contribution in [0.3, 0.4) is 0 Å². The normalized spacial score (nSPS) is 10.8. The molecule has 0 aliphatic carbocycles. The molecule has 0 saturated heterocycles. The lowest BCUT2D eigenvalue weighted by Gasteiger charge is -2.17. The molecule has 0 aliphatic heterocycles. The van der Waals surface area contributed by atoms with Gasteiger partial charge >= 0.3 is 0 Å². The Kier molecular flexibility index (Phi) is 4.61. The third-order valence-electron chi connectivity index (χ3n) is 3.63. The summed E-state index contributed by atoms with van der Waals surface area (Å²) >= 11 is 6.62. The molecule has 2 aromatic carbocycles. The van der Waals surface area contributed by atoms with Crippen LogP contribution in [0.1, 0.15) is 28.3 Å². The number of aromatic nitrogens is 1. The second-order valence-electron chi connectivity index (χ2n) is 5.01. The molecule has 4 heteroatoms. The van der Waals surface area contributed by atoms with Gasteiger partial charge in [0, 0.05) is 23.9 Å². The van der Waals surface area contributed by atoms with Gasteiger partial charge in [-0.25, -0.2) is 0 Å². The van der Waals surface area contributed by atoms with Crippen LogP contribution in [-0.4, -0.2) is 10.5 Å². The van der Waals surface area contributed by atoms with Crippen molar-refractivity contribution in [3.8, 4) is 0 Å². The van der Waals surface area contributed by atoms with Gasteiger partial charge in [-0.3, -0.25) is 9.36 Å². The molecule has 1 aromatic heterocycles. The summed E-state index contributed by atoms with van der Waals surface area (Å²) in [5.74, 6) is 0.0701. The van der Waals surface area contributed by atoms with Gasteiger partial charge in [-0.15, -0.1) is 11.3 Å². The molecule has 2 nitrogen and oxygen atoms in total. The zero-order valence-electron chi connectivity index (χ0n) is 11.9. The second-order valence-corrected chi connectivity index (χ2v) is 6.55. The largest absolute Gasteiger partial charge is 0.274 e. The lowest BCUT2D eigenvalue weighted by Crippen LogP contribution is -2.14. The van der Waals surface area contributed by atoms with Crippen LogP contribution in [0.5, 0.6) is 0 Å². The van der Waals surface area contributed by atoms with Gasteiger partial charge in [-0.1, -0.05) is 60.7 Å². The van der Waals surface area contributed by atoms with Crippen molar-refractivity contribution in [3.05, 3.63) is 87.3 Å².